The van der Waals surface area contributed by atoms with Crippen molar-refractivity contribution in [2.75, 3.05) is 12.3 Å². The van der Waals surface area contributed by atoms with Crippen LogP contribution < -0.4 is 5.73 Å². The fourth-order valence-corrected chi connectivity index (χ4v) is 1.98. The van der Waals surface area contributed by atoms with E-state index in [1.165, 1.54) is 23.9 Å². The van der Waals surface area contributed by atoms with Gasteiger partial charge in [-0.15, -0.1) is 11.8 Å². The maximum absolute atomic E-state index is 12.7. The zero-order chi connectivity index (χ0) is 10.4. The first-order chi connectivity index (χ1) is 6.72. The van der Waals surface area contributed by atoms with Gasteiger partial charge in [-0.05, 0) is 24.6 Å². The van der Waals surface area contributed by atoms with E-state index in [4.69, 9.17) is 5.73 Å². The largest absolute Gasteiger partial charge is 0.392 e. The minimum Gasteiger partial charge on any atom is -0.392 e. The van der Waals surface area contributed by atoms with E-state index < -0.39 is 6.10 Å². The summed E-state index contributed by atoms with van der Waals surface area (Å²) < 4.78 is 12.7. The number of thioether (sulfide) groups is 1. The molecule has 0 aliphatic heterocycles. The Hall–Kier alpha value is -0.580. The molecule has 0 fully saturated rings. The van der Waals surface area contributed by atoms with E-state index in [1.807, 2.05) is 6.07 Å². The number of hydrogen-bond donors (Lipinski definition) is 2. The van der Waals surface area contributed by atoms with Gasteiger partial charge in [-0.1, -0.05) is 6.07 Å². The smallest absolute Gasteiger partial charge is 0.124 e. The van der Waals surface area contributed by atoms with Crippen LogP contribution in [0.15, 0.2) is 29.2 Å². The fourth-order valence-electron chi connectivity index (χ4n) is 0.987. The Labute approximate surface area is 87.3 Å². The molecule has 0 spiro atoms. The minimum atomic E-state index is -0.448. The topological polar surface area (TPSA) is 46.2 Å². The van der Waals surface area contributed by atoms with Crippen LogP contribution in [-0.4, -0.2) is 23.5 Å². The number of aliphatic hydroxyl groups excluding tert-OH is 1. The monoisotopic (exact) mass is 215 g/mol. The maximum Gasteiger partial charge on any atom is 0.124 e. The molecular weight excluding hydrogens is 201 g/mol. The van der Waals surface area contributed by atoms with Crippen LogP contribution in [0.3, 0.4) is 0 Å². The van der Waals surface area contributed by atoms with Gasteiger partial charge >= 0.3 is 0 Å². The molecule has 1 aromatic rings. The van der Waals surface area contributed by atoms with Crippen molar-refractivity contribution in [3.8, 4) is 0 Å². The summed E-state index contributed by atoms with van der Waals surface area (Å²) in [6, 6.07) is 6.43. The molecule has 0 aliphatic rings. The van der Waals surface area contributed by atoms with Crippen LogP contribution in [0.5, 0.6) is 0 Å². The third kappa shape index (κ3) is 4.09. The Morgan fingerprint density at radius 2 is 2.29 bits per heavy atom. The molecular formula is C10H14FNOS. The number of halogens is 1. The Morgan fingerprint density at radius 3 is 2.93 bits per heavy atom. The zero-order valence-corrected chi connectivity index (χ0v) is 8.64. The summed E-state index contributed by atoms with van der Waals surface area (Å²) in [4.78, 5) is 0.884. The predicted molar refractivity (Wildman–Crippen MR) is 56.8 cm³/mol. The van der Waals surface area contributed by atoms with Crippen molar-refractivity contribution in [3.05, 3.63) is 30.1 Å². The van der Waals surface area contributed by atoms with Gasteiger partial charge in [0, 0.05) is 17.2 Å². The number of nitrogens with two attached hydrogens (primary N) is 1. The number of hydrogen-bond acceptors (Lipinski definition) is 3. The Morgan fingerprint density at radius 1 is 1.50 bits per heavy atom. The summed E-state index contributed by atoms with van der Waals surface area (Å²) in [5.74, 6) is 0.524. The first kappa shape index (κ1) is 11.5. The van der Waals surface area contributed by atoms with Crippen molar-refractivity contribution in [2.24, 2.45) is 5.73 Å². The molecule has 0 aromatic heterocycles. The average molecular weight is 215 g/mol. The summed E-state index contributed by atoms with van der Waals surface area (Å²) in [6.07, 6.45) is 0.188. The van der Waals surface area contributed by atoms with Crippen molar-refractivity contribution in [3.63, 3.8) is 0 Å². The van der Waals surface area contributed by atoms with Crippen LogP contribution >= 0.6 is 11.8 Å². The summed E-state index contributed by atoms with van der Waals surface area (Å²) in [5.41, 5.74) is 5.26. The van der Waals surface area contributed by atoms with Crippen molar-refractivity contribution in [1.82, 2.24) is 0 Å². The van der Waals surface area contributed by atoms with E-state index >= 15 is 0 Å². The number of aliphatic hydroxyl groups is 1. The molecule has 3 N–H and O–H groups in total. The van der Waals surface area contributed by atoms with Crippen LogP contribution in [0.1, 0.15) is 6.42 Å². The molecule has 14 heavy (non-hydrogen) atoms. The van der Waals surface area contributed by atoms with Gasteiger partial charge in [0.2, 0.25) is 0 Å². The number of rotatable bonds is 5. The molecule has 0 radical (unpaired) electrons. The molecule has 78 valence electrons. The van der Waals surface area contributed by atoms with Crippen molar-refractivity contribution < 1.29 is 9.50 Å². The first-order valence-corrected chi connectivity index (χ1v) is 5.47. The molecule has 0 aliphatic carbocycles. The van der Waals surface area contributed by atoms with E-state index in [0.29, 0.717) is 6.42 Å². The highest BCUT2D eigenvalue weighted by atomic mass is 32.2. The minimum absolute atomic E-state index is 0.227. The summed E-state index contributed by atoms with van der Waals surface area (Å²) >= 11 is 1.52. The SMILES string of the molecule is NCC(O)CCSc1cccc(F)c1. The van der Waals surface area contributed by atoms with Crippen LogP contribution in [0.2, 0.25) is 0 Å². The Kier molecular flexibility index (Phi) is 4.93. The molecule has 0 heterocycles. The van der Waals surface area contributed by atoms with E-state index in [2.05, 4.69) is 0 Å². The van der Waals surface area contributed by atoms with E-state index in [-0.39, 0.29) is 12.4 Å². The molecule has 4 heteroatoms. The van der Waals surface area contributed by atoms with Gasteiger partial charge in [0.05, 0.1) is 6.10 Å². The third-order valence-corrected chi connectivity index (χ3v) is 2.82. The van der Waals surface area contributed by atoms with E-state index in [1.54, 1.807) is 6.07 Å². The molecule has 1 unspecified atom stereocenters. The van der Waals surface area contributed by atoms with Gasteiger partial charge in [0.1, 0.15) is 5.82 Å². The second-order valence-electron chi connectivity index (χ2n) is 2.98. The van der Waals surface area contributed by atoms with Gasteiger partial charge in [0.15, 0.2) is 0 Å². The predicted octanol–water partition coefficient (Wildman–Crippen LogP) is 1.63. The molecule has 0 saturated heterocycles. The third-order valence-electron chi connectivity index (χ3n) is 1.79. The number of benzene rings is 1. The molecule has 1 aromatic carbocycles. The molecule has 0 amide bonds. The average Bonchev–Trinajstić information content (AvgIpc) is 2.17. The van der Waals surface area contributed by atoms with Crippen LogP contribution in [0.25, 0.3) is 0 Å². The maximum atomic E-state index is 12.7. The van der Waals surface area contributed by atoms with Gasteiger partial charge in [0.25, 0.3) is 0 Å². The second-order valence-corrected chi connectivity index (χ2v) is 4.15. The lowest BCUT2D eigenvalue weighted by molar-refractivity contribution is 0.180. The van der Waals surface area contributed by atoms with Gasteiger partial charge in [-0.25, -0.2) is 4.39 Å². The quantitative estimate of drug-likeness (QED) is 0.734. The van der Waals surface area contributed by atoms with Gasteiger partial charge in [-0.2, -0.15) is 0 Å². The fraction of sp³-hybridized carbons (Fsp3) is 0.400. The molecule has 2 nitrogen and oxygen atoms in total. The molecule has 0 bridgehead atoms. The van der Waals surface area contributed by atoms with Crippen molar-refractivity contribution in [1.29, 1.82) is 0 Å². The molecule has 1 atom stereocenters. The summed E-state index contributed by atoms with van der Waals surface area (Å²) in [6.45, 7) is 0.281. The second kappa shape index (κ2) is 6.01. The summed E-state index contributed by atoms with van der Waals surface area (Å²) in [7, 11) is 0. The molecule has 0 saturated carbocycles. The molecule has 1 rings (SSSR count). The van der Waals surface area contributed by atoms with E-state index in [0.717, 1.165) is 10.6 Å². The lowest BCUT2D eigenvalue weighted by Crippen LogP contribution is -2.19. The summed E-state index contributed by atoms with van der Waals surface area (Å²) in [5, 5.41) is 9.18. The van der Waals surface area contributed by atoms with Crippen molar-refractivity contribution >= 4 is 11.8 Å². The Balaban J connectivity index is 2.31. The standard InChI is InChI=1S/C10H14FNOS/c11-8-2-1-3-10(6-8)14-5-4-9(13)7-12/h1-3,6,9,13H,4-5,7,12H2. The lowest BCUT2D eigenvalue weighted by Gasteiger charge is -2.06. The first-order valence-electron chi connectivity index (χ1n) is 4.49. The van der Waals surface area contributed by atoms with Crippen LogP contribution in [0, 0.1) is 5.82 Å². The van der Waals surface area contributed by atoms with Crippen LogP contribution in [0.4, 0.5) is 4.39 Å². The normalized spacial score (nSPS) is 12.8. The Bertz CT molecular complexity index is 283. The lowest BCUT2D eigenvalue weighted by atomic mass is 10.3. The van der Waals surface area contributed by atoms with E-state index in [9.17, 15) is 9.50 Å². The highest BCUT2D eigenvalue weighted by Gasteiger charge is 2.01. The highest BCUT2D eigenvalue weighted by molar-refractivity contribution is 7.99. The zero-order valence-electron chi connectivity index (χ0n) is 7.82. The van der Waals surface area contributed by atoms with Crippen LogP contribution in [-0.2, 0) is 0 Å². The van der Waals surface area contributed by atoms with Gasteiger partial charge < -0.3 is 10.8 Å². The highest BCUT2D eigenvalue weighted by Crippen LogP contribution is 2.19. The van der Waals surface area contributed by atoms with Crippen molar-refractivity contribution in [2.45, 2.75) is 17.4 Å². The van der Waals surface area contributed by atoms with Gasteiger partial charge in [-0.3, -0.25) is 0 Å².